The third-order valence-electron chi connectivity index (χ3n) is 6.40. The van der Waals surface area contributed by atoms with Gasteiger partial charge in [-0.05, 0) is 31.7 Å². The number of fused-ring (bicyclic) bond motifs is 1. The average molecular weight is 458 g/mol. The fraction of sp³-hybridized carbons (Fsp3) is 0.500. The van der Waals surface area contributed by atoms with Crippen LogP contribution in [0, 0.1) is 5.92 Å². The lowest BCUT2D eigenvalue weighted by molar-refractivity contribution is -0.713. The Hall–Kier alpha value is -2.61. The maximum atomic E-state index is 10.3. The summed E-state index contributed by atoms with van der Waals surface area (Å²) in [6.45, 7) is 1.49. The molecule has 0 saturated heterocycles. The topological polar surface area (TPSA) is 116 Å². The normalized spacial score (nSPS) is 21.3. The molecule has 1 heterocycles. The number of nitrogens with two attached hydrogens (primary N) is 1. The number of rotatable bonds is 9. The van der Waals surface area contributed by atoms with Gasteiger partial charge in [0.2, 0.25) is 0 Å². The molecule has 4 N–H and O–H groups in total. The van der Waals surface area contributed by atoms with Crippen molar-refractivity contribution in [2.75, 3.05) is 26.4 Å². The first-order valence-electron chi connectivity index (χ1n) is 11.8. The van der Waals surface area contributed by atoms with E-state index in [0.717, 1.165) is 12.1 Å². The Morgan fingerprint density at radius 2 is 1.88 bits per heavy atom. The van der Waals surface area contributed by atoms with E-state index in [1.54, 1.807) is 12.1 Å². The molecule has 1 saturated carbocycles. The summed E-state index contributed by atoms with van der Waals surface area (Å²) in [6.07, 6.45) is 5.70. The van der Waals surface area contributed by atoms with Gasteiger partial charge in [0.15, 0.2) is 11.5 Å². The van der Waals surface area contributed by atoms with E-state index >= 15 is 0 Å². The maximum Gasteiger partial charge on any atom is 0.164 e. The fourth-order valence-electron chi connectivity index (χ4n) is 4.60. The first-order chi connectivity index (χ1) is 16.1. The minimum absolute atomic E-state index is 0.0948. The molecular formula is C26H35NO6. The van der Waals surface area contributed by atoms with Crippen LogP contribution in [0.25, 0.3) is 0 Å². The van der Waals surface area contributed by atoms with E-state index in [2.05, 4.69) is 35.6 Å². The minimum atomic E-state index is -1.27. The van der Waals surface area contributed by atoms with Gasteiger partial charge < -0.3 is 34.9 Å². The van der Waals surface area contributed by atoms with E-state index in [-0.39, 0.29) is 12.5 Å². The van der Waals surface area contributed by atoms with Crippen molar-refractivity contribution in [3.8, 4) is 11.5 Å². The van der Waals surface area contributed by atoms with Gasteiger partial charge in [-0.2, -0.15) is 0 Å². The molecule has 0 aromatic heterocycles. The van der Waals surface area contributed by atoms with Gasteiger partial charge >= 0.3 is 0 Å². The molecule has 33 heavy (non-hydrogen) atoms. The van der Waals surface area contributed by atoms with Gasteiger partial charge in [0.05, 0.1) is 25.2 Å². The minimum Gasteiger partial charge on any atom is -0.546 e. The molecule has 2 aromatic rings. The van der Waals surface area contributed by atoms with Gasteiger partial charge in [0, 0.05) is 29.6 Å². The fourth-order valence-corrected chi connectivity index (χ4v) is 4.60. The first-order valence-corrected chi connectivity index (χ1v) is 11.8. The number of quaternary nitrogens is 1. The Bertz CT molecular complexity index is 859. The summed E-state index contributed by atoms with van der Waals surface area (Å²) in [6, 6.07) is 16.5. The number of hydrogen-bond donors (Lipinski definition) is 3. The van der Waals surface area contributed by atoms with Crippen LogP contribution in [0.3, 0.4) is 0 Å². The molecule has 3 atom stereocenters. The molecule has 7 heteroatoms. The average Bonchev–Trinajstić information content (AvgIpc) is 3.26. The number of carboxylic acid groups (broad SMARTS) is 1. The van der Waals surface area contributed by atoms with Crippen LogP contribution in [0.4, 0.5) is 0 Å². The van der Waals surface area contributed by atoms with Crippen molar-refractivity contribution in [2.24, 2.45) is 5.92 Å². The van der Waals surface area contributed by atoms with Crippen LogP contribution >= 0.6 is 0 Å². The third kappa shape index (κ3) is 7.45. The summed E-state index contributed by atoms with van der Waals surface area (Å²) in [4.78, 5) is 10.3. The van der Waals surface area contributed by atoms with E-state index in [1.165, 1.54) is 31.2 Å². The summed E-state index contributed by atoms with van der Waals surface area (Å²) < 4.78 is 10.6. The van der Waals surface area contributed by atoms with Crippen molar-refractivity contribution in [1.29, 1.82) is 0 Å². The summed E-state index contributed by atoms with van der Waals surface area (Å²) in [5.41, 5.74) is 2.33. The second-order valence-electron chi connectivity index (χ2n) is 8.67. The van der Waals surface area contributed by atoms with Crippen molar-refractivity contribution in [3.63, 3.8) is 0 Å². The highest BCUT2D eigenvalue weighted by Crippen LogP contribution is 2.42. The number of carbonyl (C=O) groups excluding carboxylic acids is 1. The number of ether oxygens (including phenoxy) is 2. The number of carboxylic acids is 1. The monoisotopic (exact) mass is 457 g/mol. The van der Waals surface area contributed by atoms with Crippen LogP contribution in [0.15, 0.2) is 48.5 Å². The number of aliphatic hydroxyl groups is 2. The van der Waals surface area contributed by atoms with Gasteiger partial charge in [-0.1, -0.05) is 48.9 Å². The molecule has 180 valence electrons. The van der Waals surface area contributed by atoms with Gasteiger partial charge in [-0.15, -0.1) is 0 Å². The molecule has 0 amide bonds. The van der Waals surface area contributed by atoms with Gasteiger partial charge in [-0.3, -0.25) is 0 Å². The number of para-hydroxylation sites is 1. The largest absolute Gasteiger partial charge is 0.546 e. The zero-order chi connectivity index (χ0) is 23.5. The second kappa shape index (κ2) is 13.2. The van der Waals surface area contributed by atoms with Crippen molar-refractivity contribution >= 4 is 5.97 Å². The molecule has 7 nitrogen and oxygen atoms in total. The van der Waals surface area contributed by atoms with Crippen LogP contribution in [0.2, 0.25) is 0 Å². The van der Waals surface area contributed by atoms with Crippen LogP contribution in [0.5, 0.6) is 11.5 Å². The van der Waals surface area contributed by atoms with Crippen molar-refractivity contribution in [2.45, 2.75) is 50.6 Å². The first kappa shape index (κ1) is 25.0. The summed E-state index contributed by atoms with van der Waals surface area (Å²) in [7, 11) is 0. The molecule has 2 aliphatic rings. The number of benzene rings is 2. The van der Waals surface area contributed by atoms with E-state index < -0.39 is 12.6 Å². The molecule has 2 aromatic carbocycles. The number of aliphatic carboxylic acids is 1. The molecule has 1 fully saturated rings. The van der Waals surface area contributed by atoms with E-state index in [1.807, 2.05) is 6.07 Å². The van der Waals surface area contributed by atoms with Crippen LogP contribution < -0.4 is 19.9 Å². The Kier molecular flexibility index (Phi) is 10.00. The van der Waals surface area contributed by atoms with Crippen molar-refractivity contribution in [3.05, 3.63) is 59.7 Å². The molecular weight excluding hydrogens is 422 g/mol. The Balaban J connectivity index is 0.000000186. The van der Waals surface area contributed by atoms with Crippen LogP contribution in [0.1, 0.15) is 49.1 Å². The van der Waals surface area contributed by atoms with Crippen LogP contribution in [-0.4, -0.2) is 48.7 Å². The molecule has 1 aliphatic heterocycles. The predicted molar refractivity (Wildman–Crippen MR) is 122 cm³/mol. The Morgan fingerprint density at radius 1 is 1.09 bits per heavy atom. The molecule has 4 rings (SSSR count). The number of hydrogen-bond acceptors (Lipinski definition) is 6. The smallest absolute Gasteiger partial charge is 0.164 e. The van der Waals surface area contributed by atoms with E-state index in [0.29, 0.717) is 43.1 Å². The highest BCUT2D eigenvalue weighted by Gasteiger charge is 2.27. The Morgan fingerprint density at radius 3 is 2.61 bits per heavy atom. The van der Waals surface area contributed by atoms with E-state index in [9.17, 15) is 15.0 Å². The predicted octanol–water partition coefficient (Wildman–Crippen LogP) is 0.975. The zero-order valence-corrected chi connectivity index (χ0v) is 19.0. The molecule has 1 aliphatic carbocycles. The van der Waals surface area contributed by atoms with Crippen molar-refractivity contribution in [1.82, 2.24) is 0 Å². The Labute approximate surface area is 195 Å². The highest BCUT2D eigenvalue weighted by molar-refractivity contribution is 5.66. The lowest BCUT2D eigenvalue weighted by Crippen LogP contribution is -2.90. The number of aliphatic hydroxyl groups excluding tert-OH is 2. The summed E-state index contributed by atoms with van der Waals surface area (Å²) >= 11 is 0. The summed E-state index contributed by atoms with van der Waals surface area (Å²) in [5.74, 6) is 0.366. The third-order valence-corrected chi connectivity index (χ3v) is 6.40. The SMILES string of the molecule is O=C([O-])COc1cccc2c1OCC2CCO.OC[C@H]1CCCCC1[NH2+]Cc1ccccc1. The molecule has 0 spiro atoms. The lowest BCUT2D eigenvalue weighted by atomic mass is 9.85. The summed E-state index contributed by atoms with van der Waals surface area (Å²) in [5, 5.41) is 31.0. The lowest BCUT2D eigenvalue weighted by Gasteiger charge is -2.28. The highest BCUT2D eigenvalue weighted by atomic mass is 16.5. The second-order valence-corrected chi connectivity index (χ2v) is 8.67. The maximum absolute atomic E-state index is 10.3. The van der Waals surface area contributed by atoms with Gasteiger partial charge in [0.1, 0.15) is 13.2 Å². The quantitative estimate of drug-likeness (QED) is 0.517. The van der Waals surface area contributed by atoms with Gasteiger partial charge in [-0.25, -0.2) is 0 Å². The standard InChI is InChI=1S/C14H21NO.C12H14O5/c16-11-13-8-4-5-9-14(13)15-10-12-6-2-1-3-7-12;13-5-4-8-6-17-12-9(8)2-1-3-10(12)16-7-11(14)15/h1-3,6-7,13-16H,4-5,8-11H2;1-3,8,13H,4-7H2,(H,14,15)/t13-,14?;/m1./s1. The van der Waals surface area contributed by atoms with E-state index in [4.69, 9.17) is 14.6 Å². The molecule has 0 radical (unpaired) electrons. The number of carbonyl (C=O) groups is 1. The zero-order valence-electron chi connectivity index (χ0n) is 19.0. The molecule has 2 unspecified atom stereocenters. The molecule has 0 bridgehead atoms. The van der Waals surface area contributed by atoms with Crippen LogP contribution in [-0.2, 0) is 11.3 Å². The van der Waals surface area contributed by atoms with Gasteiger partial charge in [0.25, 0.3) is 0 Å². The van der Waals surface area contributed by atoms with Crippen molar-refractivity contribution < 1.29 is 34.9 Å².